The Morgan fingerprint density at radius 1 is 0.680 bits per heavy atom. The van der Waals surface area contributed by atoms with E-state index in [0.717, 1.165) is 29.6 Å². The highest BCUT2D eigenvalue weighted by atomic mass is 16.6. The smallest absolute Gasteiger partial charge is 0.450 e. The molecule has 0 heterocycles. The first-order valence-electron chi connectivity index (χ1n) is 11.0. The van der Waals surface area contributed by atoms with E-state index >= 15 is 0 Å². The SMILES string of the molecule is CCC[C@H]1CC[C@H]([C@H]2CC[C@@H](C3CCCCC3)CC2)CC1.O=C(O)O. The van der Waals surface area contributed by atoms with Gasteiger partial charge in [-0.3, -0.25) is 0 Å². The molecule has 3 nitrogen and oxygen atoms in total. The summed E-state index contributed by atoms with van der Waals surface area (Å²) in [5.41, 5.74) is 0. The summed E-state index contributed by atoms with van der Waals surface area (Å²) in [5, 5.41) is 13.9. The fraction of sp³-hybridized carbons (Fsp3) is 0.955. The standard InChI is InChI=1S/C21H38.CH2O3/c1-2-6-17-9-11-19(12-10-17)21-15-13-20(14-16-21)18-7-4-3-5-8-18;2-1(3)4/h17-21H,2-16H2,1H3;(H2,2,3,4)/t17-,19-,20-,21+;. The highest BCUT2D eigenvalue weighted by molar-refractivity contribution is 5.53. The second-order valence-electron chi connectivity index (χ2n) is 8.93. The molecule has 3 heteroatoms. The summed E-state index contributed by atoms with van der Waals surface area (Å²) in [6.45, 7) is 2.36. The Hall–Kier alpha value is -0.730. The third kappa shape index (κ3) is 7.19. The van der Waals surface area contributed by atoms with Crippen molar-refractivity contribution in [1.82, 2.24) is 0 Å². The van der Waals surface area contributed by atoms with Crippen LogP contribution in [0.3, 0.4) is 0 Å². The average Bonchev–Trinajstić information content (AvgIpc) is 2.63. The van der Waals surface area contributed by atoms with Gasteiger partial charge in [0.25, 0.3) is 0 Å². The summed E-state index contributed by atoms with van der Waals surface area (Å²) in [6, 6.07) is 0. The van der Waals surface area contributed by atoms with E-state index in [1.165, 1.54) is 32.1 Å². The van der Waals surface area contributed by atoms with Crippen LogP contribution < -0.4 is 0 Å². The molecule has 3 aliphatic rings. The molecule has 0 aliphatic heterocycles. The fourth-order valence-corrected chi connectivity index (χ4v) is 6.05. The van der Waals surface area contributed by atoms with Crippen molar-refractivity contribution in [2.24, 2.45) is 29.6 Å². The molecule has 0 unspecified atom stereocenters. The summed E-state index contributed by atoms with van der Waals surface area (Å²) in [7, 11) is 0. The van der Waals surface area contributed by atoms with Gasteiger partial charge in [0.2, 0.25) is 0 Å². The number of hydrogen-bond acceptors (Lipinski definition) is 1. The van der Waals surface area contributed by atoms with Gasteiger partial charge >= 0.3 is 6.16 Å². The number of carboxylic acid groups (broad SMARTS) is 2. The van der Waals surface area contributed by atoms with E-state index in [1.807, 2.05) is 0 Å². The average molecular weight is 353 g/mol. The number of hydrogen-bond donors (Lipinski definition) is 2. The minimum absolute atomic E-state index is 1.09. The monoisotopic (exact) mass is 352 g/mol. The highest BCUT2D eigenvalue weighted by Crippen LogP contribution is 2.45. The van der Waals surface area contributed by atoms with Crippen LogP contribution in [0.25, 0.3) is 0 Å². The van der Waals surface area contributed by atoms with Crippen molar-refractivity contribution < 1.29 is 15.0 Å². The molecular formula is C22H40O3. The lowest BCUT2D eigenvalue weighted by atomic mass is 9.65. The molecule has 0 radical (unpaired) electrons. The van der Waals surface area contributed by atoms with E-state index in [0.29, 0.717) is 0 Å². The normalized spacial score (nSPS) is 34.0. The second kappa shape index (κ2) is 11.1. The Morgan fingerprint density at radius 3 is 1.44 bits per heavy atom. The van der Waals surface area contributed by atoms with Gasteiger partial charge in [0, 0.05) is 0 Å². The lowest BCUT2D eigenvalue weighted by Crippen LogP contribution is -2.28. The van der Waals surface area contributed by atoms with Crippen molar-refractivity contribution in [1.29, 1.82) is 0 Å². The molecular weight excluding hydrogens is 312 g/mol. The fourth-order valence-electron chi connectivity index (χ4n) is 6.05. The summed E-state index contributed by atoms with van der Waals surface area (Å²) in [6.07, 6.45) is 21.4. The van der Waals surface area contributed by atoms with Gasteiger partial charge in [-0.25, -0.2) is 4.79 Å². The molecule has 146 valence electrons. The lowest BCUT2D eigenvalue weighted by Gasteiger charge is -2.40. The molecule has 2 N–H and O–H groups in total. The molecule has 0 atom stereocenters. The van der Waals surface area contributed by atoms with E-state index in [2.05, 4.69) is 6.92 Å². The Kier molecular flexibility index (Phi) is 9.12. The molecule has 3 fully saturated rings. The van der Waals surface area contributed by atoms with Crippen LogP contribution >= 0.6 is 0 Å². The number of rotatable bonds is 4. The first-order chi connectivity index (χ1) is 12.1. The van der Waals surface area contributed by atoms with Crippen LogP contribution in [0.15, 0.2) is 0 Å². The zero-order chi connectivity index (χ0) is 18.1. The lowest BCUT2D eigenvalue weighted by molar-refractivity contribution is 0.111. The van der Waals surface area contributed by atoms with Gasteiger partial charge in [-0.1, -0.05) is 64.7 Å². The molecule has 0 aromatic carbocycles. The van der Waals surface area contributed by atoms with Gasteiger partial charge in [-0.2, -0.15) is 0 Å². The summed E-state index contributed by atoms with van der Waals surface area (Å²) in [5.74, 6) is 5.57. The Balaban J connectivity index is 0.000000511. The van der Waals surface area contributed by atoms with Crippen molar-refractivity contribution in [3.05, 3.63) is 0 Å². The van der Waals surface area contributed by atoms with Gasteiger partial charge in [-0.15, -0.1) is 0 Å². The first-order valence-corrected chi connectivity index (χ1v) is 11.0. The van der Waals surface area contributed by atoms with Gasteiger partial charge in [-0.05, 0) is 68.1 Å². The Bertz CT molecular complexity index is 355. The van der Waals surface area contributed by atoms with Gasteiger partial charge in [0.1, 0.15) is 0 Å². The van der Waals surface area contributed by atoms with Crippen molar-refractivity contribution in [2.75, 3.05) is 0 Å². The van der Waals surface area contributed by atoms with E-state index in [1.54, 1.807) is 64.2 Å². The molecule has 0 aromatic heterocycles. The van der Waals surface area contributed by atoms with Crippen LogP contribution in [0.4, 0.5) is 4.79 Å². The minimum atomic E-state index is -1.83. The largest absolute Gasteiger partial charge is 0.503 e. The zero-order valence-corrected chi connectivity index (χ0v) is 16.3. The maximum Gasteiger partial charge on any atom is 0.503 e. The van der Waals surface area contributed by atoms with Gasteiger partial charge in [0.15, 0.2) is 0 Å². The maximum absolute atomic E-state index is 8.56. The van der Waals surface area contributed by atoms with E-state index < -0.39 is 6.16 Å². The first kappa shape index (κ1) is 20.6. The molecule has 0 spiro atoms. The van der Waals surface area contributed by atoms with Gasteiger partial charge < -0.3 is 10.2 Å². The van der Waals surface area contributed by atoms with Crippen molar-refractivity contribution >= 4 is 6.16 Å². The topological polar surface area (TPSA) is 57.5 Å². The van der Waals surface area contributed by atoms with Crippen LogP contribution in [0.5, 0.6) is 0 Å². The number of carbonyl (C=O) groups is 1. The van der Waals surface area contributed by atoms with Crippen LogP contribution in [-0.2, 0) is 0 Å². The molecule has 0 saturated heterocycles. The van der Waals surface area contributed by atoms with Crippen LogP contribution in [-0.4, -0.2) is 16.4 Å². The van der Waals surface area contributed by atoms with Crippen molar-refractivity contribution in [2.45, 2.75) is 103 Å². The molecule has 0 amide bonds. The maximum atomic E-state index is 8.56. The zero-order valence-electron chi connectivity index (χ0n) is 16.3. The van der Waals surface area contributed by atoms with E-state index in [-0.39, 0.29) is 0 Å². The predicted molar refractivity (Wildman–Crippen MR) is 103 cm³/mol. The summed E-state index contributed by atoms with van der Waals surface area (Å²) in [4.78, 5) is 8.56. The van der Waals surface area contributed by atoms with E-state index in [4.69, 9.17) is 15.0 Å². The third-order valence-corrected chi connectivity index (χ3v) is 7.39. The molecule has 0 aromatic rings. The van der Waals surface area contributed by atoms with E-state index in [9.17, 15) is 0 Å². The molecule has 25 heavy (non-hydrogen) atoms. The summed E-state index contributed by atoms with van der Waals surface area (Å²) < 4.78 is 0. The Morgan fingerprint density at radius 2 is 1.04 bits per heavy atom. The van der Waals surface area contributed by atoms with Crippen LogP contribution in [0, 0.1) is 29.6 Å². The quantitative estimate of drug-likeness (QED) is 0.562. The van der Waals surface area contributed by atoms with Crippen molar-refractivity contribution in [3.63, 3.8) is 0 Å². The molecule has 3 aliphatic carbocycles. The van der Waals surface area contributed by atoms with Crippen LogP contribution in [0.1, 0.15) is 103 Å². The second-order valence-corrected chi connectivity index (χ2v) is 8.93. The highest BCUT2D eigenvalue weighted by Gasteiger charge is 2.33. The molecule has 3 saturated carbocycles. The van der Waals surface area contributed by atoms with Gasteiger partial charge in [0.05, 0.1) is 0 Å². The molecule has 0 bridgehead atoms. The Labute approximate surface area is 154 Å². The van der Waals surface area contributed by atoms with Crippen LogP contribution in [0.2, 0.25) is 0 Å². The van der Waals surface area contributed by atoms with Crippen molar-refractivity contribution in [3.8, 4) is 0 Å². The summed E-state index contributed by atoms with van der Waals surface area (Å²) >= 11 is 0. The minimum Gasteiger partial charge on any atom is -0.450 e. The third-order valence-electron chi connectivity index (χ3n) is 7.39. The predicted octanol–water partition coefficient (Wildman–Crippen LogP) is 7.20. The molecule has 3 rings (SSSR count).